The third-order valence-corrected chi connectivity index (χ3v) is 3.20. The van der Waals surface area contributed by atoms with Crippen molar-refractivity contribution >= 4 is 5.78 Å². The van der Waals surface area contributed by atoms with Gasteiger partial charge in [0, 0.05) is 24.7 Å². The molecular weight excluding hydrogens is 255 g/mol. The Morgan fingerprint density at radius 1 is 1.20 bits per heavy atom. The molecule has 0 radical (unpaired) electrons. The fourth-order valence-electron chi connectivity index (χ4n) is 2.07. The minimum atomic E-state index is -0.243. The first-order chi connectivity index (χ1) is 9.58. The fourth-order valence-corrected chi connectivity index (χ4v) is 2.07. The van der Waals surface area contributed by atoms with Gasteiger partial charge in [-0.2, -0.15) is 0 Å². The van der Waals surface area contributed by atoms with Gasteiger partial charge in [0.15, 0.2) is 5.78 Å². The number of Topliss-reactive ketones (excluding diaryl/α,β-unsaturated/α-hetero) is 1. The minimum Gasteiger partial charge on any atom is -0.341 e. The molecular formula is C16H19FN2O. The lowest BCUT2D eigenvalue weighted by Crippen LogP contribution is -2.18. The molecule has 0 spiro atoms. The van der Waals surface area contributed by atoms with Crippen LogP contribution in [0.1, 0.15) is 22.5 Å². The van der Waals surface area contributed by atoms with Gasteiger partial charge in [0.25, 0.3) is 0 Å². The largest absolute Gasteiger partial charge is 0.341 e. The monoisotopic (exact) mass is 274 g/mol. The van der Waals surface area contributed by atoms with Gasteiger partial charge in [0.1, 0.15) is 5.82 Å². The third-order valence-electron chi connectivity index (χ3n) is 3.20. The maximum absolute atomic E-state index is 13.7. The smallest absolute Gasteiger partial charge is 0.180 e. The molecule has 0 bridgehead atoms. The maximum atomic E-state index is 13.7. The number of nitrogens with zero attached hydrogens (tertiary/aromatic N) is 2. The zero-order valence-electron chi connectivity index (χ0n) is 11.8. The molecule has 0 N–H and O–H groups in total. The van der Waals surface area contributed by atoms with Crippen molar-refractivity contribution < 1.29 is 9.18 Å². The van der Waals surface area contributed by atoms with Crippen molar-refractivity contribution in [3.63, 3.8) is 0 Å². The predicted octanol–water partition coefficient (Wildman–Crippen LogP) is 2.81. The average Bonchev–Trinajstić information content (AvgIpc) is 2.87. The average molecular weight is 274 g/mol. The number of carbonyl (C=O) groups is 1. The van der Waals surface area contributed by atoms with Gasteiger partial charge in [-0.3, -0.25) is 4.79 Å². The number of ketones is 1. The van der Waals surface area contributed by atoms with Crippen LogP contribution in [0.2, 0.25) is 0 Å². The Kier molecular flexibility index (Phi) is 4.69. The highest BCUT2D eigenvalue weighted by atomic mass is 19.1. The van der Waals surface area contributed by atoms with E-state index in [2.05, 4.69) is 0 Å². The Labute approximate surface area is 118 Å². The summed E-state index contributed by atoms with van der Waals surface area (Å²) in [6.45, 7) is 1.09. The molecule has 0 fully saturated rings. The first kappa shape index (κ1) is 14.5. The first-order valence-electron chi connectivity index (χ1n) is 6.64. The molecule has 3 nitrogen and oxygen atoms in total. The van der Waals surface area contributed by atoms with E-state index in [9.17, 15) is 9.18 Å². The van der Waals surface area contributed by atoms with Gasteiger partial charge in [-0.05, 0) is 32.3 Å². The van der Waals surface area contributed by atoms with E-state index in [4.69, 9.17) is 0 Å². The van der Waals surface area contributed by atoms with Crippen molar-refractivity contribution in [3.8, 4) is 0 Å². The van der Waals surface area contributed by atoms with E-state index < -0.39 is 0 Å². The van der Waals surface area contributed by atoms with Crippen LogP contribution in [0.4, 0.5) is 4.39 Å². The van der Waals surface area contributed by atoms with Crippen LogP contribution in [0.3, 0.4) is 0 Å². The summed E-state index contributed by atoms with van der Waals surface area (Å²) in [5.74, 6) is -0.159. The van der Waals surface area contributed by atoms with Crippen molar-refractivity contribution in [2.45, 2.75) is 13.0 Å². The highest BCUT2D eigenvalue weighted by Crippen LogP contribution is 2.13. The van der Waals surface area contributed by atoms with Gasteiger partial charge in [-0.1, -0.05) is 18.2 Å². The van der Waals surface area contributed by atoms with Crippen LogP contribution in [0.15, 0.2) is 42.6 Å². The van der Waals surface area contributed by atoms with Crippen LogP contribution >= 0.6 is 0 Å². The Morgan fingerprint density at radius 2 is 1.95 bits per heavy atom. The lowest BCUT2D eigenvalue weighted by molar-refractivity contribution is 0.0964. The van der Waals surface area contributed by atoms with E-state index in [1.165, 1.54) is 6.07 Å². The van der Waals surface area contributed by atoms with E-state index in [0.29, 0.717) is 30.8 Å². The molecule has 0 aliphatic rings. The molecule has 0 unspecified atom stereocenters. The second-order valence-electron chi connectivity index (χ2n) is 5.09. The molecule has 1 aromatic carbocycles. The quantitative estimate of drug-likeness (QED) is 0.757. The molecule has 106 valence electrons. The molecule has 2 aromatic rings. The van der Waals surface area contributed by atoms with E-state index >= 15 is 0 Å². The predicted molar refractivity (Wildman–Crippen MR) is 77.4 cm³/mol. The van der Waals surface area contributed by atoms with Crippen LogP contribution in [0.25, 0.3) is 0 Å². The lowest BCUT2D eigenvalue weighted by Gasteiger charge is -2.11. The molecule has 0 aliphatic heterocycles. The topological polar surface area (TPSA) is 25.2 Å². The molecule has 0 amide bonds. The van der Waals surface area contributed by atoms with Crippen LogP contribution < -0.4 is 0 Å². The van der Waals surface area contributed by atoms with Crippen molar-refractivity contribution in [2.24, 2.45) is 0 Å². The molecule has 20 heavy (non-hydrogen) atoms. The molecule has 0 aliphatic carbocycles. The first-order valence-corrected chi connectivity index (χ1v) is 6.64. The van der Waals surface area contributed by atoms with Gasteiger partial charge < -0.3 is 9.47 Å². The summed E-state index contributed by atoms with van der Waals surface area (Å²) >= 11 is 0. The Balaban J connectivity index is 2.13. The van der Waals surface area contributed by atoms with Gasteiger partial charge in [0.2, 0.25) is 0 Å². The molecule has 0 saturated heterocycles. The number of halogens is 1. The Morgan fingerprint density at radius 3 is 2.65 bits per heavy atom. The number of hydrogen-bond acceptors (Lipinski definition) is 2. The van der Waals surface area contributed by atoms with Crippen molar-refractivity contribution in [1.82, 2.24) is 9.47 Å². The third kappa shape index (κ3) is 3.54. The minimum absolute atomic E-state index is 0.0834. The van der Waals surface area contributed by atoms with Crippen LogP contribution in [-0.4, -0.2) is 35.9 Å². The highest BCUT2D eigenvalue weighted by molar-refractivity contribution is 5.94. The summed E-state index contributed by atoms with van der Waals surface area (Å²) in [6.07, 6.45) is 2.28. The summed E-state index contributed by atoms with van der Waals surface area (Å²) in [6, 6.07) is 10.3. The number of hydrogen-bond donors (Lipinski definition) is 0. The highest BCUT2D eigenvalue weighted by Gasteiger charge is 2.12. The summed E-state index contributed by atoms with van der Waals surface area (Å²) < 4.78 is 15.5. The Bertz CT molecular complexity index is 590. The van der Waals surface area contributed by atoms with E-state index in [1.807, 2.05) is 31.3 Å². The van der Waals surface area contributed by atoms with Crippen LogP contribution in [0, 0.1) is 5.82 Å². The van der Waals surface area contributed by atoms with Gasteiger partial charge in [-0.25, -0.2) is 4.39 Å². The number of rotatable bonds is 6. The summed E-state index contributed by atoms with van der Waals surface area (Å²) in [4.78, 5) is 14.1. The standard InChI is InChI=1S/C16H19FN2O/c1-18(2)11-9-16(20)15-8-5-10-19(15)12-13-6-3-4-7-14(13)17/h3-8,10H,9,11-12H2,1-2H3. The summed E-state index contributed by atoms with van der Waals surface area (Å²) in [5.41, 5.74) is 1.22. The van der Waals surface area contributed by atoms with E-state index in [-0.39, 0.29) is 11.6 Å². The number of aromatic nitrogens is 1. The molecule has 1 aromatic heterocycles. The summed E-state index contributed by atoms with van der Waals surface area (Å²) in [7, 11) is 3.87. The van der Waals surface area contributed by atoms with E-state index in [1.54, 1.807) is 28.8 Å². The summed E-state index contributed by atoms with van der Waals surface area (Å²) in [5, 5.41) is 0. The molecule has 1 heterocycles. The maximum Gasteiger partial charge on any atom is 0.180 e. The zero-order chi connectivity index (χ0) is 14.5. The zero-order valence-corrected chi connectivity index (χ0v) is 11.8. The molecule has 0 atom stereocenters. The van der Waals surface area contributed by atoms with Crippen LogP contribution in [0.5, 0.6) is 0 Å². The normalized spacial score (nSPS) is 11.0. The Hall–Kier alpha value is -1.94. The van der Waals surface area contributed by atoms with Gasteiger partial charge in [-0.15, -0.1) is 0 Å². The number of benzene rings is 1. The molecule has 0 saturated carbocycles. The lowest BCUT2D eigenvalue weighted by atomic mass is 10.2. The number of carbonyl (C=O) groups excluding carboxylic acids is 1. The van der Waals surface area contributed by atoms with Crippen LogP contribution in [-0.2, 0) is 6.54 Å². The second kappa shape index (κ2) is 6.48. The molecule has 4 heteroatoms. The van der Waals surface area contributed by atoms with E-state index in [0.717, 1.165) is 0 Å². The van der Waals surface area contributed by atoms with Crippen molar-refractivity contribution in [3.05, 3.63) is 59.7 Å². The SMILES string of the molecule is CN(C)CCC(=O)c1cccn1Cc1ccccc1F. The van der Waals surface area contributed by atoms with Gasteiger partial charge >= 0.3 is 0 Å². The van der Waals surface area contributed by atoms with Crippen molar-refractivity contribution in [2.75, 3.05) is 20.6 Å². The molecule has 2 rings (SSSR count). The van der Waals surface area contributed by atoms with Gasteiger partial charge in [0.05, 0.1) is 12.2 Å². The second-order valence-corrected chi connectivity index (χ2v) is 5.09. The van der Waals surface area contributed by atoms with Crippen molar-refractivity contribution in [1.29, 1.82) is 0 Å². The fraction of sp³-hybridized carbons (Fsp3) is 0.312.